The minimum atomic E-state index is 0.452. The van der Waals surface area contributed by atoms with Gasteiger partial charge in [0.15, 0.2) is 0 Å². The molecule has 2 aromatic carbocycles. The van der Waals surface area contributed by atoms with Crippen molar-refractivity contribution in [2.24, 2.45) is 5.92 Å². The first-order chi connectivity index (χ1) is 8.34. The standard InChI is InChI=1S/C16H16O/c17-16-9-5-4-8-14(16)15-11-13(15)10-12-6-2-1-3-7-12/h1-9,13,15,17H,10-11H2/t13-,15+/m0/s1. The van der Waals surface area contributed by atoms with Crippen LogP contribution in [0.4, 0.5) is 0 Å². The second-order valence-electron chi connectivity index (χ2n) is 4.85. The molecule has 0 unspecified atom stereocenters. The van der Waals surface area contributed by atoms with Crippen LogP contribution in [0.25, 0.3) is 0 Å². The first-order valence-electron chi connectivity index (χ1n) is 6.16. The normalized spacial score (nSPS) is 22.4. The van der Waals surface area contributed by atoms with Gasteiger partial charge in [0, 0.05) is 0 Å². The molecule has 0 saturated heterocycles. The summed E-state index contributed by atoms with van der Waals surface area (Å²) in [5, 5.41) is 9.80. The molecule has 1 saturated carbocycles. The van der Waals surface area contributed by atoms with Crippen LogP contribution in [0, 0.1) is 5.92 Å². The molecular formula is C16H16O. The summed E-state index contributed by atoms with van der Waals surface area (Å²) in [6, 6.07) is 18.3. The van der Waals surface area contributed by atoms with Crippen LogP contribution < -0.4 is 0 Å². The van der Waals surface area contributed by atoms with E-state index in [1.165, 1.54) is 12.0 Å². The fraction of sp³-hybridized carbons (Fsp3) is 0.250. The Balaban J connectivity index is 1.70. The van der Waals surface area contributed by atoms with Crippen molar-refractivity contribution in [1.82, 2.24) is 0 Å². The summed E-state index contributed by atoms with van der Waals surface area (Å²) in [4.78, 5) is 0. The van der Waals surface area contributed by atoms with E-state index < -0.39 is 0 Å². The van der Waals surface area contributed by atoms with E-state index in [1.54, 1.807) is 6.07 Å². The van der Waals surface area contributed by atoms with Gasteiger partial charge in [0.2, 0.25) is 0 Å². The fourth-order valence-electron chi connectivity index (χ4n) is 2.57. The molecule has 1 heteroatoms. The average Bonchev–Trinajstić information content (AvgIpc) is 3.10. The van der Waals surface area contributed by atoms with Crippen LogP contribution in [-0.2, 0) is 6.42 Å². The summed E-state index contributed by atoms with van der Waals surface area (Å²) in [7, 11) is 0. The summed E-state index contributed by atoms with van der Waals surface area (Å²) >= 11 is 0. The summed E-state index contributed by atoms with van der Waals surface area (Å²) < 4.78 is 0. The molecule has 1 nitrogen and oxygen atoms in total. The van der Waals surface area contributed by atoms with Crippen molar-refractivity contribution in [3.63, 3.8) is 0 Å². The highest BCUT2D eigenvalue weighted by atomic mass is 16.3. The van der Waals surface area contributed by atoms with Gasteiger partial charge in [-0.25, -0.2) is 0 Å². The van der Waals surface area contributed by atoms with E-state index in [0.29, 0.717) is 17.6 Å². The maximum Gasteiger partial charge on any atom is 0.119 e. The van der Waals surface area contributed by atoms with Crippen molar-refractivity contribution in [2.45, 2.75) is 18.8 Å². The third kappa shape index (κ3) is 2.19. The van der Waals surface area contributed by atoms with E-state index in [4.69, 9.17) is 0 Å². The zero-order chi connectivity index (χ0) is 11.7. The molecule has 2 aromatic rings. The van der Waals surface area contributed by atoms with Gasteiger partial charge >= 0.3 is 0 Å². The van der Waals surface area contributed by atoms with Crippen molar-refractivity contribution in [1.29, 1.82) is 0 Å². The molecule has 0 amide bonds. The lowest BCUT2D eigenvalue weighted by atomic mass is 10.0. The van der Waals surface area contributed by atoms with Gasteiger partial charge in [-0.05, 0) is 41.9 Å². The smallest absolute Gasteiger partial charge is 0.119 e. The Bertz CT molecular complexity index is 504. The lowest BCUT2D eigenvalue weighted by Gasteiger charge is -2.03. The van der Waals surface area contributed by atoms with Gasteiger partial charge in [0.05, 0.1) is 0 Å². The fourth-order valence-corrected chi connectivity index (χ4v) is 2.57. The Morgan fingerprint density at radius 2 is 1.65 bits per heavy atom. The van der Waals surface area contributed by atoms with E-state index in [2.05, 4.69) is 30.3 Å². The molecule has 0 aromatic heterocycles. The molecular weight excluding hydrogens is 208 g/mol. The van der Waals surface area contributed by atoms with E-state index in [9.17, 15) is 5.11 Å². The monoisotopic (exact) mass is 224 g/mol. The molecule has 1 N–H and O–H groups in total. The number of rotatable bonds is 3. The average molecular weight is 224 g/mol. The molecule has 86 valence electrons. The number of phenols is 1. The van der Waals surface area contributed by atoms with Crippen LogP contribution in [0.15, 0.2) is 54.6 Å². The van der Waals surface area contributed by atoms with Crippen LogP contribution in [-0.4, -0.2) is 5.11 Å². The van der Waals surface area contributed by atoms with Crippen molar-refractivity contribution in [2.75, 3.05) is 0 Å². The quantitative estimate of drug-likeness (QED) is 0.842. The van der Waals surface area contributed by atoms with Crippen molar-refractivity contribution < 1.29 is 5.11 Å². The minimum Gasteiger partial charge on any atom is -0.508 e. The van der Waals surface area contributed by atoms with Crippen molar-refractivity contribution in [3.8, 4) is 5.75 Å². The maximum atomic E-state index is 9.80. The summed E-state index contributed by atoms with van der Waals surface area (Å²) in [6.45, 7) is 0. The Morgan fingerprint density at radius 1 is 0.941 bits per heavy atom. The molecule has 0 radical (unpaired) electrons. The Morgan fingerprint density at radius 3 is 2.41 bits per heavy atom. The summed E-state index contributed by atoms with van der Waals surface area (Å²) in [6.07, 6.45) is 2.33. The Kier molecular flexibility index (Phi) is 2.60. The van der Waals surface area contributed by atoms with Gasteiger partial charge in [-0.15, -0.1) is 0 Å². The lowest BCUT2D eigenvalue weighted by molar-refractivity contribution is 0.467. The zero-order valence-electron chi connectivity index (χ0n) is 9.71. The first kappa shape index (κ1) is 10.4. The number of para-hydroxylation sites is 1. The van der Waals surface area contributed by atoms with Crippen molar-refractivity contribution >= 4 is 0 Å². The molecule has 1 aliphatic carbocycles. The molecule has 0 spiro atoms. The van der Waals surface area contributed by atoms with Crippen LogP contribution in [0.5, 0.6) is 5.75 Å². The van der Waals surface area contributed by atoms with E-state index in [-0.39, 0.29) is 0 Å². The predicted molar refractivity (Wildman–Crippen MR) is 69.1 cm³/mol. The molecule has 3 rings (SSSR count). The van der Waals surface area contributed by atoms with Crippen LogP contribution >= 0.6 is 0 Å². The lowest BCUT2D eigenvalue weighted by Crippen LogP contribution is -1.90. The maximum absolute atomic E-state index is 9.80. The Hall–Kier alpha value is -1.76. The second-order valence-corrected chi connectivity index (χ2v) is 4.85. The molecule has 17 heavy (non-hydrogen) atoms. The SMILES string of the molecule is Oc1ccccc1[C@@H]1C[C@@H]1Cc1ccccc1. The van der Waals surface area contributed by atoms with Crippen LogP contribution in [0.2, 0.25) is 0 Å². The van der Waals surface area contributed by atoms with Crippen molar-refractivity contribution in [3.05, 3.63) is 65.7 Å². The highest BCUT2D eigenvalue weighted by Crippen LogP contribution is 2.51. The van der Waals surface area contributed by atoms with E-state index >= 15 is 0 Å². The summed E-state index contributed by atoms with van der Waals surface area (Å²) in [5.41, 5.74) is 2.52. The van der Waals surface area contributed by atoms with E-state index in [1.807, 2.05) is 18.2 Å². The number of phenolic OH excluding ortho intramolecular Hbond substituents is 1. The van der Waals surface area contributed by atoms with Crippen LogP contribution in [0.3, 0.4) is 0 Å². The molecule has 1 fully saturated rings. The molecule has 2 atom stereocenters. The molecule has 1 aliphatic rings. The third-order valence-corrected chi connectivity index (χ3v) is 3.60. The van der Waals surface area contributed by atoms with Gasteiger partial charge in [-0.3, -0.25) is 0 Å². The highest BCUT2D eigenvalue weighted by Gasteiger charge is 2.39. The molecule has 0 bridgehead atoms. The topological polar surface area (TPSA) is 20.2 Å². The third-order valence-electron chi connectivity index (χ3n) is 3.60. The number of hydrogen-bond acceptors (Lipinski definition) is 1. The first-order valence-corrected chi connectivity index (χ1v) is 6.16. The predicted octanol–water partition coefficient (Wildman–Crippen LogP) is 3.74. The number of benzene rings is 2. The minimum absolute atomic E-state index is 0.452. The summed E-state index contributed by atoms with van der Waals surface area (Å²) in [5.74, 6) is 1.70. The van der Waals surface area contributed by atoms with E-state index in [0.717, 1.165) is 12.0 Å². The van der Waals surface area contributed by atoms with Crippen LogP contribution in [0.1, 0.15) is 23.5 Å². The number of hydrogen-bond donors (Lipinski definition) is 1. The largest absolute Gasteiger partial charge is 0.508 e. The van der Waals surface area contributed by atoms with Gasteiger partial charge in [0.1, 0.15) is 5.75 Å². The van der Waals surface area contributed by atoms with Gasteiger partial charge in [-0.1, -0.05) is 48.5 Å². The zero-order valence-corrected chi connectivity index (χ0v) is 9.71. The molecule has 0 heterocycles. The van der Waals surface area contributed by atoms with Gasteiger partial charge in [0.25, 0.3) is 0 Å². The van der Waals surface area contributed by atoms with Gasteiger partial charge in [-0.2, -0.15) is 0 Å². The number of aromatic hydroxyl groups is 1. The highest BCUT2D eigenvalue weighted by molar-refractivity contribution is 5.39. The second kappa shape index (κ2) is 4.25. The molecule has 0 aliphatic heterocycles. The Labute approximate surface area is 102 Å². The van der Waals surface area contributed by atoms with Gasteiger partial charge < -0.3 is 5.11 Å².